The normalized spacial score (nSPS) is 11.9. The largest absolute Gasteiger partial charge is 0.338 e. The molecule has 0 spiro atoms. The third kappa shape index (κ3) is 2.89. The molecule has 0 aromatic heterocycles. The standard InChI is InChI=1S/C17H20N2O/c1-13(12-18)19(2)17(20)16-11-7-6-10-15(16)14-8-4-3-5-9-14/h3-11,13H,12,18H2,1-2H3/t13-/m0/s1. The molecule has 2 aromatic carbocycles. The van der Waals surface area contributed by atoms with Crippen molar-refractivity contribution >= 4 is 5.91 Å². The highest BCUT2D eigenvalue weighted by molar-refractivity contribution is 6.00. The third-order valence-electron chi connectivity index (χ3n) is 3.56. The van der Waals surface area contributed by atoms with E-state index in [1.807, 2.05) is 61.5 Å². The number of carbonyl (C=O) groups excluding carboxylic acids is 1. The van der Waals surface area contributed by atoms with Crippen molar-refractivity contribution in [2.75, 3.05) is 13.6 Å². The SMILES string of the molecule is C[C@@H](CN)N(C)C(=O)c1ccccc1-c1ccccc1. The predicted molar refractivity (Wildman–Crippen MR) is 82.5 cm³/mol. The summed E-state index contributed by atoms with van der Waals surface area (Å²) in [6.45, 7) is 2.40. The minimum Gasteiger partial charge on any atom is -0.338 e. The molecule has 20 heavy (non-hydrogen) atoms. The number of hydrogen-bond acceptors (Lipinski definition) is 2. The first-order chi connectivity index (χ1) is 9.65. The number of likely N-dealkylation sites (N-methyl/N-ethyl adjacent to an activating group) is 1. The Morgan fingerprint density at radius 2 is 1.70 bits per heavy atom. The summed E-state index contributed by atoms with van der Waals surface area (Å²) in [5, 5.41) is 0. The van der Waals surface area contributed by atoms with Gasteiger partial charge in [0.2, 0.25) is 0 Å². The molecule has 0 saturated heterocycles. The molecule has 2 N–H and O–H groups in total. The van der Waals surface area contributed by atoms with Crippen molar-refractivity contribution in [2.24, 2.45) is 5.73 Å². The predicted octanol–water partition coefficient (Wildman–Crippen LogP) is 2.77. The van der Waals surface area contributed by atoms with Crippen LogP contribution in [0.3, 0.4) is 0 Å². The molecule has 0 heterocycles. The van der Waals surface area contributed by atoms with Crippen LogP contribution in [0, 0.1) is 0 Å². The maximum atomic E-state index is 12.6. The summed E-state index contributed by atoms with van der Waals surface area (Å²) in [6, 6.07) is 17.6. The highest BCUT2D eigenvalue weighted by atomic mass is 16.2. The minimum atomic E-state index is 0.00223. The van der Waals surface area contributed by atoms with E-state index in [0.29, 0.717) is 12.1 Å². The molecular formula is C17H20N2O. The van der Waals surface area contributed by atoms with Crippen LogP contribution in [-0.4, -0.2) is 30.4 Å². The topological polar surface area (TPSA) is 46.3 Å². The molecule has 2 rings (SSSR count). The fourth-order valence-electron chi connectivity index (χ4n) is 2.09. The molecule has 1 atom stereocenters. The van der Waals surface area contributed by atoms with Gasteiger partial charge in [-0.15, -0.1) is 0 Å². The van der Waals surface area contributed by atoms with Crippen LogP contribution in [-0.2, 0) is 0 Å². The van der Waals surface area contributed by atoms with Crippen molar-refractivity contribution in [1.82, 2.24) is 4.90 Å². The molecule has 2 aromatic rings. The van der Waals surface area contributed by atoms with E-state index in [2.05, 4.69) is 0 Å². The molecule has 0 radical (unpaired) electrons. The Morgan fingerprint density at radius 3 is 2.35 bits per heavy atom. The van der Waals surface area contributed by atoms with Gasteiger partial charge in [-0.05, 0) is 24.1 Å². The monoisotopic (exact) mass is 268 g/mol. The maximum Gasteiger partial charge on any atom is 0.254 e. The van der Waals surface area contributed by atoms with Gasteiger partial charge < -0.3 is 10.6 Å². The van der Waals surface area contributed by atoms with Crippen molar-refractivity contribution in [1.29, 1.82) is 0 Å². The molecule has 0 aliphatic rings. The maximum absolute atomic E-state index is 12.6. The molecule has 0 aliphatic carbocycles. The summed E-state index contributed by atoms with van der Waals surface area (Å²) >= 11 is 0. The van der Waals surface area contributed by atoms with Crippen molar-refractivity contribution in [3.63, 3.8) is 0 Å². The van der Waals surface area contributed by atoms with Crippen LogP contribution >= 0.6 is 0 Å². The molecule has 3 heteroatoms. The van der Waals surface area contributed by atoms with Gasteiger partial charge in [-0.2, -0.15) is 0 Å². The molecule has 0 aliphatic heterocycles. The highest BCUT2D eigenvalue weighted by Gasteiger charge is 2.19. The number of benzene rings is 2. The van der Waals surface area contributed by atoms with Gasteiger partial charge in [0.1, 0.15) is 0 Å². The second kappa shape index (κ2) is 6.35. The van der Waals surface area contributed by atoms with Gasteiger partial charge in [0.15, 0.2) is 0 Å². The van der Waals surface area contributed by atoms with E-state index in [1.54, 1.807) is 11.9 Å². The Bertz CT molecular complexity index is 581. The molecule has 0 unspecified atom stereocenters. The van der Waals surface area contributed by atoms with Crippen LogP contribution in [0.15, 0.2) is 54.6 Å². The zero-order valence-corrected chi connectivity index (χ0v) is 11.9. The van der Waals surface area contributed by atoms with Gasteiger partial charge in [0, 0.05) is 25.2 Å². The second-order valence-corrected chi connectivity index (χ2v) is 4.91. The van der Waals surface area contributed by atoms with E-state index in [-0.39, 0.29) is 11.9 Å². The fraction of sp³-hybridized carbons (Fsp3) is 0.235. The van der Waals surface area contributed by atoms with E-state index >= 15 is 0 Å². The molecule has 0 saturated carbocycles. The van der Waals surface area contributed by atoms with Gasteiger partial charge in [0.05, 0.1) is 0 Å². The molecule has 3 nitrogen and oxygen atoms in total. The number of nitrogens with zero attached hydrogens (tertiary/aromatic N) is 1. The van der Waals surface area contributed by atoms with Crippen LogP contribution in [0.4, 0.5) is 0 Å². The first-order valence-electron chi connectivity index (χ1n) is 6.77. The van der Waals surface area contributed by atoms with Crippen LogP contribution in [0.2, 0.25) is 0 Å². The zero-order chi connectivity index (χ0) is 14.5. The highest BCUT2D eigenvalue weighted by Crippen LogP contribution is 2.24. The molecular weight excluding hydrogens is 248 g/mol. The van der Waals surface area contributed by atoms with Crippen LogP contribution < -0.4 is 5.73 Å². The van der Waals surface area contributed by atoms with E-state index in [0.717, 1.165) is 11.1 Å². The average molecular weight is 268 g/mol. The lowest BCUT2D eigenvalue weighted by Gasteiger charge is -2.24. The van der Waals surface area contributed by atoms with E-state index in [4.69, 9.17) is 5.73 Å². The first-order valence-corrected chi connectivity index (χ1v) is 6.77. The summed E-state index contributed by atoms with van der Waals surface area (Å²) in [7, 11) is 1.79. The van der Waals surface area contributed by atoms with Crippen LogP contribution in [0.25, 0.3) is 11.1 Å². The smallest absolute Gasteiger partial charge is 0.254 e. The van der Waals surface area contributed by atoms with Gasteiger partial charge in [-0.3, -0.25) is 4.79 Å². The lowest BCUT2D eigenvalue weighted by atomic mass is 9.98. The quantitative estimate of drug-likeness (QED) is 0.926. The van der Waals surface area contributed by atoms with Gasteiger partial charge in [-0.1, -0.05) is 48.5 Å². The van der Waals surface area contributed by atoms with E-state index in [9.17, 15) is 4.79 Å². The zero-order valence-electron chi connectivity index (χ0n) is 11.9. The van der Waals surface area contributed by atoms with Crippen molar-refractivity contribution in [2.45, 2.75) is 13.0 Å². The summed E-state index contributed by atoms with van der Waals surface area (Å²) in [5.41, 5.74) is 8.35. The van der Waals surface area contributed by atoms with Crippen molar-refractivity contribution in [3.8, 4) is 11.1 Å². The third-order valence-corrected chi connectivity index (χ3v) is 3.56. The van der Waals surface area contributed by atoms with Crippen LogP contribution in [0.5, 0.6) is 0 Å². The molecule has 0 fully saturated rings. The van der Waals surface area contributed by atoms with E-state index in [1.165, 1.54) is 0 Å². The molecule has 1 amide bonds. The number of nitrogens with two attached hydrogens (primary N) is 1. The summed E-state index contributed by atoms with van der Waals surface area (Å²) < 4.78 is 0. The van der Waals surface area contributed by atoms with E-state index < -0.39 is 0 Å². The number of hydrogen-bond donors (Lipinski definition) is 1. The van der Waals surface area contributed by atoms with Crippen molar-refractivity contribution < 1.29 is 4.79 Å². The fourth-order valence-corrected chi connectivity index (χ4v) is 2.09. The van der Waals surface area contributed by atoms with Crippen LogP contribution in [0.1, 0.15) is 17.3 Å². The summed E-state index contributed by atoms with van der Waals surface area (Å²) in [6.07, 6.45) is 0. The Morgan fingerprint density at radius 1 is 1.10 bits per heavy atom. The minimum absolute atomic E-state index is 0.00223. The van der Waals surface area contributed by atoms with Crippen molar-refractivity contribution in [3.05, 3.63) is 60.2 Å². The number of rotatable bonds is 4. The Labute approximate surface area is 120 Å². The summed E-state index contributed by atoms with van der Waals surface area (Å²) in [4.78, 5) is 14.3. The second-order valence-electron chi connectivity index (χ2n) is 4.91. The Kier molecular flexibility index (Phi) is 4.53. The van der Waals surface area contributed by atoms with Gasteiger partial charge in [0.25, 0.3) is 5.91 Å². The number of carbonyl (C=O) groups is 1. The van der Waals surface area contributed by atoms with Gasteiger partial charge >= 0.3 is 0 Å². The Hall–Kier alpha value is -2.13. The Balaban J connectivity index is 2.41. The summed E-state index contributed by atoms with van der Waals surface area (Å²) in [5.74, 6) is 0.00223. The van der Waals surface area contributed by atoms with Gasteiger partial charge in [-0.25, -0.2) is 0 Å². The average Bonchev–Trinajstić information content (AvgIpc) is 2.53. The first kappa shape index (κ1) is 14.3. The lowest BCUT2D eigenvalue weighted by Crippen LogP contribution is -2.39. The molecule has 104 valence electrons. The number of amides is 1. The lowest BCUT2D eigenvalue weighted by molar-refractivity contribution is 0.0749. The molecule has 0 bridgehead atoms.